The number of halogens is 2. The molecule has 1 heterocycles. The van der Waals surface area contributed by atoms with Crippen molar-refractivity contribution >= 4 is 32.9 Å². The lowest BCUT2D eigenvalue weighted by Gasteiger charge is -2.02. The number of aromatic nitrogens is 1. The second-order valence-electron chi connectivity index (χ2n) is 1.82. The molecule has 1 rings (SSSR count). The van der Waals surface area contributed by atoms with Crippen molar-refractivity contribution < 1.29 is 4.74 Å². The van der Waals surface area contributed by atoms with Gasteiger partial charge in [0.05, 0.1) is 7.11 Å². The molecule has 0 radical (unpaired) electrons. The van der Waals surface area contributed by atoms with Gasteiger partial charge >= 0.3 is 0 Å². The summed E-state index contributed by atoms with van der Waals surface area (Å²) in [4.78, 5) is 3.95. The van der Waals surface area contributed by atoms with Crippen LogP contribution in [0.15, 0.2) is 18.5 Å². The lowest BCUT2D eigenvalue weighted by atomic mass is 10.3. The van der Waals surface area contributed by atoms with Crippen LogP contribution in [0.1, 0.15) is 5.56 Å². The molecule has 0 aliphatic carbocycles. The van der Waals surface area contributed by atoms with E-state index in [-0.39, 0.29) is 17.0 Å². The SMILES string of the molecule is Br.COc1ccncc1CBr. The van der Waals surface area contributed by atoms with Crippen molar-refractivity contribution in [1.82, 2.24) is 4.98 Å². The monoisotopic (exact) mass is 281 g/mol. The second-order valence-corrected chi connectivity index (χ2v) is 2.38. The van der Waals surface area contributed by atoms with Crippen molar-refractivity contribution in [3.05, 3.63) is 24.0 Å². The van der Waals surface area contributed by atoms with Crippen LogP contribution >= 0.6 is 32.9 Å². The van der Waals surface area contributed by atoms with Gasteiger partial charge < -0.3 is 4.74 Å². The minimum absolute atomic E-state index is 0. The number of hydrogen-bond acceptors (Lipinski definition) is 2. The first-order valence-corrected chi connectivity index (χ1v) is 4.03. The molecule has 0 N–H and O–H groups in total. The lowest BCUT2D eigenvalue weighted by Crippen LogP contribution is -1.88. The molecule has 0 aliphatic rings. The Kier molecular flexibility index (Phi) is 5.50. The van der Waals surface area contributed by atoms with Crippen molar-refractivity contribution in [3.8, 4) is 5.75 Å². The summed E-state index contributed by atoms with van der Waals surface area (Å²) in [6, 6.07) is 1.84. The fourth-order valence-electron chi connectivity index (χ4n) is 0.714. The van der Waals surface area contributed by atoms with Gasteiger partial charge in [-0.2, -0.15) is 0 Å². The second kappa shape index (κ2) is 5.55. The number of hydrogen-bond donors (Lipinski definition) is 0. The van der Waals surface area contributed by atoms with Crippen LogP contribution in [0.25, 0.3) is 0 Å². The molecule has 0 aliphatic heterocycles. The van der Waals surface area contributed by atoms with Crippen LogP contribution in [-0.4, -0.2) is 12.1 Å². The largest absolute Gasteiger partial charge is 0.496 e. The fourth-order valence-corrected chi connectivity index (χ4v) is 1.13. The Balaban J connectivity index is 0.000001000. The van der Waals surface area contributed by atoms with Gasteiger partial charge in [0.1, 0.15) is 5.75 Å². The maximum absolute atomic E-state index is 5.07. The van der Waals surface area contributed by atoms with E-state index in [1.54, 1.807) is 19.5 Å². The Labute approximate surface area is 84.9 Å². The minimum Gasteiger partial charge on any atom is -0.496 e. The zero-order chi connectivity index (χ0) is 7.40. The highest BCUT2D eigenvalue weighted by atomic mass is 79.9. The number of rotatable bonds is 2. The Bertz CT molecular complexity index is 194. The summed E-state index contributed by atoms with van der Waals surface area (Å²) in [7, 11) is 1.65. The number of pyridine rings is 1. The van der Waals surface area contributed by atoms with Crippen LogP contribution in [0.2, 0.25) is 0 Å². The van der Waals surface area contributed by atoms with E-state index < -0.39 is 0 Å². The summed E-state index contributed by atoms with van der Waals surface area (Å²) in [5.74, 6) is 0.881. The summed E-state index contributed by atoms with van der Waals surface area (Å²) in [6.45, 7) is 0. The fraction of sp³-hybridized carbons (Fsp3) is 0.286. The van der Waals surface area contributed by atoms with Crippen molar-refractivity contribution in [2.45, 2.75) is 5.33 Å². The number of methoxy groups -OCH3 is 1. The normalized spacial score (nSPS) is 8.55. The average molecular weight is 283 g/mol. The molecule has 4 heteroatoms. The van der Waals surface area contributed by atoms with Gasteiger partial charge in [-0.15, -0.1) is 17.0 Å². The number of nitrogens with zero attached hydrogens (tertiary/aromatic N) is 1. The molecular formula is C7H9Br2NO. The van der Waals surface area contributed by atoms with Crippen molar-refractivity contribution in [2.24, 2.45) is 0 Å². The van der Waals surface area contributed by atoms with E-state index in [0.29, 0.717) is 0 Å². The summed E-state index contributed by atoms with van der Waals surface area (Å²) >= 11 is 3.33. The lowest BCUT2D eigenvalue weighted by molar-refractivity contribution is 0.411. The first kappa shape index (κ1) is 10.9. The molecule has 0 saturated carbocycles. The van der Waals surface area contributed by atoms with Crippen LogP contribution in [0, 0.1) is 0 Å². The summed E-state index contributed by atoms with van der Waals surface area (Å²) in [5.41, 5.74) is 1.07. The standard InChI is InChI=1S/C7H8BrNO.BrH/c1-10-7-2-3-9-5-6(7)4-8;/h2-3,5H,4H2,1H3;1H. The van der Waals surface area contributed by atoms with Crippen LogP contribution in [-0.2, 0) is 5.33 Å². The van der Waals surface area contributed by atoms with E-state index in [9.17, 15) is 0 Å². The van der Waals surface area contributed by atoms with Crippen LogP contribution in [0.5, 0.6) is 5.75 Å². The smallest absolute Gasteiger partial charge is 0.125 e. The van der Waals surface area contributed by atoms with Crippen molar-refractivity contribution in [1.29, 1.82) is 0 Å². The van der Waals surface area contributed by atoms with Crippen LogP contribution in [0.4, 0.5) is 0 Å². The average Bonchev–Trinajstić information content (AvgIpc) is 2.04. The van der Waals surface area contributed by atoms with Gasteiger partial charge in [0.25, 0.3) is 0 Å². The molecule has 0 aromatic carbocycles. The maximum atomic E-state index is 5.07. The maximum Gasteiger partial charge on any atom is 0.125 e. The van der Waals surface area contributed by atoms with Gasteiger partial charge in [-0.05, 0) is 6.07 Å². The predicted octanol–water partition coefficient (Wildman–Crippen LogP) is 2.56. The quantitative estimate of drug-likeness (QED) is 0.778. The van der Waals surface area contributed by atoms with Gasteiger partial charge in [0.2, 0.25) is 0 Å². The van der Waals surface area contributed by atoms with E-state index in [1.165, 1.54) is 0 Å². The third-order valence-electron chi connectivity index (χ3n) is 1.22. The molecule has 0 bridgehead atoms. The molecule has 0 saturated heterocycles. The van der Waals surface area contributed by atoms with Gasteiger partial charge in [-0.1, -0.05) is 15.9 Å². The molecule has 0 fully saturated rings. The first-order valence-electron chi connectivity index (χ1n) is 2.91. The number of ether oxygens (including phenoxy) is 1. The van der Waals surface area contributed by atoms with E-state index in [2.05, 4.69) is 20.9 Å². The molecule has 1 aromatic rings. The Hall–Kier alpha value is -0.0900. The highest BCUT2D eigenvalue weighted by molar-refractivity contribution is 9.08. The topological polar surface area (TPSA) is 22.1 Å². The first-order chi connectivity index (χ1) is 4.88. The van der Waals surface area contributed by atoms with Crippen molar-refractivity contribution in [2.75, 3.05) is 7.11 Å². The number of alkyl halides is 1. The molecule has 1 aromatic heterocycles. The van der Waals surface area contributed by atoms with Crippen molar-refractivity contribution in [3.63, 3.8) is 0 Å². The third-order valence-corrected chi connectivity index (χ3v) is 1.83. The molecule has 0 atom stereocenters. The van der Waals surface area contributed by atoms with E-state index >= 15 is 0 Å². The Morgan fingerprint density at radius 1 is 1.64 bits per heavy atom. The van der Waals surface area contributed by atoms with E-state index in [1.807, 2.05) is 6.07 Å². The minimum atomic E-state index is 0. The summed E-state index contributed by atoms with van der Waals surface area (Å²) in [5, 5.41) is 0.782. The molecule has 0 spiro atoms. The Morgan fingerprint density at radius 3 is 2.82 bits per heavy atom. The predicted molar refractivity (Wildman–Crippen MR) is 53.7 cm³/mol. The summed E-state index contributed by atoms with van der Waals surface area (Å²) in [6.07, 6.45) is 3.50. The van der Waals surface area contributed by atoms with Gasteiger partial charge in [-0.3, -0.25) is 4.98 Å². The van der Waals surface area contributed by atoms with Gasteiger partial charge in [0, 0.05) is 23.3 Å². The van der Waals surface area contributed by atoms with Crippen LogP contribution in [0.3, 0.4) is 0 Å². The Morgan fingerprint density at radius 2 is 2.36 bits per heavy atom. The highest BCUT2D eigenvalue weighted by Gasteiger charge is 1.97. The van der Waals surface area contributed by atoms with Crippen LogP contribution < -0.4 is 4.74 Å². The molecule has 0 unspecified atom stereocenters. The molecule has 62 valence electrons. The highest BCUT2D eigenvalue weighted by Crippen LogP contribution is 2.17. The van der Waals surface area contributed by atoms with E-state index in [4.69, 9.17) is 4.74 Å². The van der Waals surface area contributed by atoms with Gasteiger partial charge in [0.15, 0.2) is 0 Å². The zero-order valence-corrected chi connectivity index (χ0v) is 9.38. The zero-order valence-electron chi connectivity index (χ0n) is 6.08. The van der Waals surface area contributed by atoms with Gasteiger partial charge in [-0.25, -0.2) is 0 Å². The molecule has 11 heavy (non-hydrogen) atoms. The van der Waals surface area contributed by atoms with E-state index in [0.717, 1.165) is 16.6 Å². The third kappa shape index (κ3) is 2.79. The molecular weight excluding hydrogens is 274 g/mol. The molecule has 2 nitrogen and oxygen atoms in total. The summed E-state index contributed by atoms with van der Waals surface area (Å²) < 4.78 is 5.07. The molecule has 0 amide bonds.